The molecule has 0 aliphatic carbocycles. The fourth-order valence-corrected chi connectivity index (χ4v) is 3.40. The minimum atomic E-state index is -3.99. The van der Waals surface area contributed by atoms with Crippen molar-refractivity contribution in [3.05, 3.63) is 64.2 Å². The number of aryl methyl sites for hydroxylation is 1. The maximum Gasteiger partial charge on any atom is 0.251 e. The Morgan fingerprint density at radius 2 is 1.83 bits per heavy atom. The van der Waals surface area contributed by atoms with Gasteiger partial charge in [0.05, 0.1) is 11.1 Å². The lowest BCUT2D eigenvalue weighted by atomic mass is 10.0. The molecule has 0 heterocycles. The summed E-state index contributed by atoms with van der Waals surface area (Å²) in [6, 6.07) is 11.7. The van der Waals surface area contributed by atoms with E-state index in [0.717, 1.165) is 11.1 Å². The zero-order valence-electron chi connectivity index (χ0n) is 13.4. The number of halogens is 1. The van der Waals surface area contributed by atoms with Gasteiger partial charge in [0.2, 0.25) is 10.0 Å². The van der Waals surface area contributed by atoms with Crippen molar-refractivity contribution in [3.8, 4) is 0 Å². The number of carbonyl (C=O) groups excluding carboxylic acids is 1. The molecule has 0 saturated carbocycles. The lowest BCUT2D eigenvalue weighted by molar-refractivity contribution is 0.0935. The number of hydrogen-bond acceptors (Lipinski definition) is 3. The third-order valence-electron chi connectivity index (χ3n) is 3.69. The van der Waals surface area contributed by atoms with Gasteiger partial charge < -0.3 is 5.32 Å². The molecule has 2 rings (SSSR count). The number of primary sulfonamides is 1. The molecule has 24 heavy (non-hydrogen) atoms. The zero-order valence-corrected chi connectivity index (χ0v) is 15.0. The first kappa shape index (κ1) is 18.4. The van der Waals surface area contributed by atoms with Crippen LogP contribution in [0.5, 0.6) is 0 Å². The summed E-state index contributed by atoms with van der Waals surface area (Å²) in [6.45, 7) is 3.95. The highest BCUT2D eigenvalue weighted by Crippen LogP contribution is 2.23. The quantitative estimate of drug-likeness (QED) is 0.851. The summed E-state index contributed by atoms with van der Waals surface area (Å²) < 4.78 is 23.0. The van der Waals surface area contributed by atoms with Crippen LogP contribution in [-0.4, -0.2) is 14.3 Å². The van der Waals surface area contributed by atoms with Crippen LogP contribution in [0, 0.1) is 6.92 Å². The van der Waals surface area contributed by atoms with Gasteiger partial charge >= 0.3 is 0 Å². The molecule has 0 spiro atoms. The van der Waals surface area contributed by atoms with Crippen molar-refractivity contribution in [2.24, 2.45) is 5.14 Å². The highest BCUT2D eigenvalue weighted by Gasteiger charge is 2.18. The van der Waals surface area contributed by atoms with Gasteiger partial charge in [-0.2, -0.15) is 0 Å². The monoisotopic (exact) mass is 366 g/mol. The molecule has 128 valence electrons. The smallest absolute Gasteiger partial charge is 0.251 e. The second kappa shape index (κ2) is 7.34. The van der Waals surface area contributed by atoms with E-state index in [1.165, 1.54) is 18.2 Å². The number of rotatable bonds is 5. The molecule has 5 nitrogen and oxygen atoms in total. The first-order chi connectivity index (χ1) is 11.2. The number of nitrogens with one attached hydrogen (secondary N) is 1. The number of sulfonamides is 1. The largest absolute Gasteiger partial charge is 0.345 e. The maximum atomic E-state index is 12.5. The molecule has 3 N–H and O–H groups in total. The molecule has 0 aliphatic heterocycles. The van der Waals surface area contributed by atoms with Crippen LogP contribution in [0.15, 0.2) is 47.4 Å². The molecular weight excluding hydrogens is 348 g/mol. The lowest BCUT2D eigenvalue weighted by Gasteiger charge is -2.18. The Bertz CT molecular complexity index is 849. The molecule has 1 amide bonds. The molecule has 0 fully saturated rings. The summed E-state index contributed by atoms with van der Waals surface area (Å²) in [7, 11) is -3.99. The Kier molecular flexibility index (Phi) is 5.64. The van der Waals surface area contributed by atoms with Crippen molar-refractivity contribution in [2.75, 3.05) is 0 Å². The number of nitrogens with two attached hydrogens (primary N) is 1. The second-order valence-electron chi connectivity index (χ2n) is 5.54. The summed E-state index contributed by atoms with van der Waals surface area (Å²) in [6.07, 6.45) is 0.699. The molecule has 2 aromatic carbocycles. The fraction of sp³-hybridized carbons (Fsp3) is 0.235. The Morgan fingerprint density at radius 1 is 1.21 bits per heavy atom. The van der Waals surface area contributed by atoms with Crippen molar-refractivity contribution in [1.82, 2.24) is 5.32 Å². The van der Waals surface area contributed by atoms with Crippen LogP contribution in [0.2, 0.25) is 5.02 Å². The van der Waals surface area contributed by atoms with E-state index < -0.39 is 10.0 Å². The maximum absolute atomic E-state index is 12.5. The molecule has 0 radical (unpaired) electrons. The van der Waals surface area contributed by atoms with Gasteiger partial charge in [-0.15, -0.1) is 0 Å². The van der Waals surface area contributed by atoms with Gasteiger partial charge in [0, 0.05) is 5.56 Å². The SMILES string of the molecule is CC[C@H](NC(=O)c1ccc(Cl)c(S(N)(=O)=O)c1)c1ccc(C)cc1. The molecule has 0 aliphatic rings. The summed E-state index contributed by atoms with van der Waals surface area (Å²) >= 11 is 5.84. The minimum Gasteiger partial charge on any atom is -0.345 e. The number of benzene rings is 2. The van der Waals surface area contributed by atoms with Gasteiger partial charge in [0.15, 0.2) is 0 Å². The van der Waals surface area contributed by atoms with Gasteiger partial charge in [-0.05, 0) is 37.1 Å². The third-order valence-corrected chi connectivity index (χ3v) is 5.09. The fourth-order valence-electron chi connectivity index (χ4n) is 2.32. The van der Waals surface area contributed by atoms with E-state index in [2.05, 4.69) is 5.32 Å². The van der Waals surface area contributed by atoms with E-state index >= 15 is 0 Å². The number of hydrogen-bond donors (Lipinski definition) is 2. The van der Waals surface area contributed by atoms with Crippen LogP contribution in [0.25, 0.3) is 0 Å². The van der Waals surface area contributed by atoms with Gasteiger partial charge in [-0.3, -0.25) is 4.79 Å². The first-order valence-corrected chi connectivity index (χ1v) is 9.34. The normalized spacial score (nSPS) is 12.7. The van der Waals surface area contributed by atoms with E-state index in [9.17, 15) is 13.2 Å². The number of amides is 1. The van der Waals surface area contributed by atoms with Crippen LogP contribution >= 0.6 is 11.6 Å². The van der Waals surface area contributed by atoms with Gasteiger partial charge in [-0.25, -0.2) is 13.6 Å². The molecule has 0 aromatic heterocycles. The van der Waals surface area contributed by atoms with E-state index in [-0.39, 0.29) is 27.4 Å². The standard InChI is InChI=1S/C17H19ClN2O3S/c1-3-15(12-6-4-11(2)5-7-12)20-17(21)13-8-9-14(18)16(10-13)24(19,22)23/h4-10,15H,3H2,1-2H3,(H,20,21)(H2,19,22,23)/t15-/m0/s1. The van der Waals surface area contributed by atoms with E-state index in [0.29, 0.717) is 6.42 Å². The van der Waals surface area contributed by atoms with Crippen LogP contribution in [0.4, 0.5) is 0 Å². The zero-order chi connectivity index (χ0) is 17.9. The summed E-state index contributed by atoms with van der Waals surface area (Å²) in [5.41, 5.74) is 2.31. The van der Waals surface area contributed by atoms with Gasteiger partial charge in [0.1, 0.15) is 4.90 Å². The van der Waals surface area contributed by atoms with Crippen LogP contribution in [0.3, 0.4) is 0 Å². The van der Waals surface area contributed by atoms with Crippen molar-refractivity contribution in [2.45, 2.75) is 31.2 Å². The average molecular weight is 367 g/mol. The molecule has 1 atom stereocenters. The highest BCUT2D eigenvalue weighted by molar-refractivity contribution is 7.89. The van der Waals surface area contributed by atoms with Crippen LogP contribution < -0.4 is 10.5 Å². The first-order valence-electron chi connectivity index (χ1n) is 7.42. The average Bonchev–Trinajstić information content (AvgIpc) is 2.52. The summed E-state index contributed by atoms with van der Waals surface area (Å²) in [4.78, 5) is 12.2. The van der Waals surface area contributed by atoms with E-state index in [4.69, 9.17) is 16.7 Å². The summed E-state index contributed by atoms with van der Waals surface area (Å²) in [5, 5.41) is 8.00. The Morgan fingerprint density at radius 3 is 2.38 bits per heavy atom. The van der Waals surface area contributed by atoms with Gasteiger partial charge in [0.25, 0.3) is 5.91 Å². The van der Waals surface area contributed by atoms with E-state index in [1.807, 2.05) is 38.1 Å². The molecule has 0 unspecified atom stereocenters. The predicted molar refractivity (Wildman–Crippen MR) is 94.5 cm³/mol. The Balaban J connectivity index is 2.27. The minimum absolute atomic E-state index is 0.0142. The van der Waals surface area contributed by atoms with Crippen molar-refractivity contribution in [1.29, 1.82) is 0 Å². The van der Waals surface area contributed by atoms with E-state index in [1.54, 1.807) is 0 Å². The van der Waals surface area contributed by atoms with Crippen LogP contribution in [0.1, 0.15) is 40.9 Å². The van der Waals surface area contributed by atoms with Crippen molar-refractivity contribution < 1.29 is 13.2 Å². The van der Waals surface area contributed by atoms with Crippen molar-refractivity contribution >= 4 is 27.5 Å². The number of carbonyl (C=O) groups is 1. The Hall–Kier alpha value is -1.89. The van der Waals surface area contributed by atoms with Crippen LogP contribution in [-0.2, 0) is 10.0 Å². The second-order valence-corrected chi connectivity index (χ2v) is 7.47. The van der Waals surface area contributed by atoms with Crippen molar-refractivity contribution in [3.63, 3.8) is 0 Å². The topological polar surface area (TPSA) is 89.3 Å². The molecule has 7 heteroatoms. The lowest BCUT2D eigenvalue weighted by Crippen LogP contribution is -2.28. The molecular formula is C17H19ClN2O3S. The Labute approximate surface area is 146 Å². The molecule has 0 saturated heterocycles. The van der Waals surface area contributed by atoms with Gasteiger partial charge in [-0.1, -0.05) is 48.4 Å². The highest BCUT2D eigenvalue weighted by atomic mass is 35.5. The third kappa shape index (κ3) is 4.35. The predicted octanol–water partition coefficient (Wildman–Crippen LogP) is 3.18. The summed E-state index contributed by atoms with van der Waals surface area (Å²) in [5.74, 6) is -0.385. The molecule has 2 aromatic rings. The molecule has 0 bridgehead atoms.